The Bertz CT molecular complexity index is 1240. The van der Waals surface area contributed by atoms with E-state index >= 15 is 0 Å². The SMILES string of the molecule is Cc1c(-c2ccc3c(c2)OCCO3)cccc1-c1nc2c(Cl)cc(CO)cn2n1. The van der Waals surface area contributed by atoms with Crippen molar-refractivity contribution < 1.29 is 14.6 Å². The number of benzene rings is 2. The van der Waals surface area contributed by atoms with Gasteiger partial charge in [-0.05, 0) is 47.4 Å². The molecule has 0 fully saturated rings. The summed E-state index contributed by atoms with van der Waals surface area (Å²) in [4.78, 5) is 4.62. The van der Waals surface area contributed by atoms with Crippen LogP contribution in [-0.2, 0) is 6.61 Å². The van der Waals surface area contributed by atoms with Crippen LogP contribution in [0.5, 0.6) is 11.5 Å². The molecule has 0 radical (unpaired) electrons. The van der Waals surface area contributed by atoms with E-state index in [2.05, 4.69) is 16.1 Å². The molecule has 146 valence electrons. The second kappa shape index (κ2) is 7.06. The zero-order valence-electron chi connectivity index (χ0n) is 15.7. The minimum absolute atomic E-state index is 0.108. The second-order valence-corrected chi connectivity index (χ2v) is 7.30. The van der Waals surface area contributed by atoms with Crippen LogP contribution in [0.25, 0.3) is 28.2 Å². The zero-order chi connectivity index (χ0) is 20.0. The molecule has 0 bridgehead atoms. The summed E-state index contributed by atoms with van der Waals surface area (Å²) in [5.41, 5.74) is 5.32. The molecule has 3 heterocycles. The quantitative estimate of drug-likeness (QED) is 0.548. The molecule has 7 heteroatoms. The lowest BCUT2D eigenvalue weighted by molar-refractivity contribution is 0.171. The summed E-state index contributed by atoms with van der Waals surface area (Å²) in [6.45, 7) is 3.07. The summed E-state index contributed by atoms with van der Waals surface area (Å²) in [6, 6.07) is 13.7. The third-order valence-electron chi connectivity index (χ3n) is 5.06. The average Bonchev–Trinajstić information content (AvgIpc) is 3.18. The number of fused-ring (bicyclic) bond motifs is 2. The maximum Gasteiger partial charge on any atom is 0.182 e. The molecular formula is C22H18ClN3O3. The summed E-state index contributed by atoms with van der Waals surface area (Å²) < 4.78 is 13.0. The van der Waals surface area contributed by atoms with E-state index in [9.17, 15) is 5.11 Å². The molecule has 1 N–H and O–H groups in total. The van der Waals surface area contributed by atoms with Gasteiger partial charge < -0.3 is 14.6 Å². The predicted molar refractivity (Wildman–Crippen MR) is 111 cm³/mol. The van der Waals surface area contributed by atoms with Gasteiger partial charge in [-0.25, -0.2) is 9.50 Å². The van der Waals surface area contributed by atoms with Gasteiger partial charge in [-0.2, -0.15) is 0 Å². The third-order valence-corrected chi connectivity index (χ3v) is 5.33. The molecule has 0 unspecified atom stereocenters. The van der Waals surface area contributed by atoms with Crippen LogP contribution in [0.1, 0.15) is 11.1 Å². The van der Waals surface area contributed by atoms with E-state index in [-0.39, 0.29) is 6.61 Å². The van der Waals surface area contributed by atoms with Crippen LogP contribution in [0.3, 0.4) is 0 Å². The van der Waals surface area contributed by atoms with E-state index < -0.39 is 0 Å². The lowest BCUT2D eigenvalue weighted by Crippen LogP contribution is -2.15. The predicted octanol–water partition coefficient (Wildman–Crippen LogP) is 4.29. The topological polar surface area (TPSA) is 68.9 Å². The van der Waals surface area contributed by atoms with Gasteiger partial charge in [0.05, 0.1) is 11.6 Å². The van der Waals surface area contributed by atoms with Crippen molar-refractivity contribution in [1.29, 1.82) is 0 Å². The number of aliphatic hydroxyl groups excluding tert-OH is 1. The molecule has 2 aromatic heterocycles. The first-order valence-corrected chi connectivity index (χ1v) is 9.67. The average molecular weight is 408 g/mol. The molecule has 2 aromatic carbocycles. The van der Waals surface area contributed by atoms with Crippen molar-refractivity contribution in [3.63, 3.8) is 0 Å². The summed E-state index contributed by atoms with van der Waals surface area (Å²) in [5.74, 6) is 2.11. The molecule has 6 nitrogen and oxygen atoms in total. The number of pyridine rings is 1. The number of halogens is 1. The smallest absolute Gasteiger partial charge is 0.182 e. The van der Waals surface area contributed by atoms with Crippen molar-refractivity contribution in [3.8, 4) is 34.0 Å². The lowest BCUT2D eigenvalue weighted by atomic mass is 9.96. The van der Waals surface area contributed by atoms with E-state index in [1.54, 1.807) is 16.8 Å². The van der Waals surface area contributed by atoms with Crippen LogP contribution in [0, 0.1) is 6.92 Å². The highest BCUT2D eigenvalue weighted by Gasteiger charge is 2.17. The molecule has 0 aliphatic carbocycles. The van der Waals surface area contributed by atoms with Gasteiger partial charge in [0, 0.05) is 11.8 Å². The molecule has 5 rings (SSSR count). The Morgan fingerprint density at radius 3 is 2.69 bits per heavy atom. The number of ether oxygens (including phenoxy) is 2. The number of aromatic nitrogens is 3. The largest absolute Gasteiger partial charge is 0.486 e. The lowest BCUT2D eigenvalue weighted by Gasteiger charge is -2.19. The number of hydrogen-bond donors (Lipinski definition) is 1. The molecule has 0 spiro atoms. The maximum atomic E-state index is 9.40. The Hall–Kier alpha value is -3.09. The third kappa shape index (κ3) is 3.10. The Morgan fingerprint density at radius 1 is 1.07 bits per heavy atom. The fourth-order valence-electron chi connectivity index (χ4n) is 3.60. The molecule has 1 aliphatic heterocycles. The van der Waals surface area contributed by atoms with Gasteiger partial charge in [0.1, 0.15) is 13.2 Å². The van der Waals surface area contributed by atoms with Crippen molar-refractivity contribution in [2.24, 2.45) is 0 Å². The Labute approximate surface area is 172 Å². The van der Waals surface area contributed by atoms with E-state index in [4.69, 9.17) is 21.1 Å². The summed E-state index contributed by atoms with van der Waals surface area (Å²) in [5, 5.41) is 14.4. The molecular weight excluding hydrogens is 390 g/mol. The highest BCUT2D eigenvalue weighted by atomic mass is 35.5. The Balaban J connectivity index is 1.61. The fourth-order valence-corrected chi connectivity index (χ4v) is 3.87. The van der Waals surface area contributed by atoms with Crippen LogP contribution in [-0.4, -0.2) is 32.9 Å². The normalized spacial score (nSPS) is 13.1. The number of hydrogen-bond acceptors (Lipinski definition) is 5. The Kier molecular flexibility index (Phi) is 4.38. The van der Waals surface area contributed by atoms with Crippen molar-refractivity contribution in [1.82, 2.24) is 14.6 Å². The van der Waals surface area contributed by atoms with Crippen LogP contribution < -0.4 is 9.47 Å². The first kappa shape index (κ1) is 18.0. The van der Waals surface area contributed by atoms with E-state index in [1.807, 2.05) is 37.3 Å². The van der Waals surface area contributed by atoms with Crippen molar-refractivity contribution >= 4 is 17.2 Å². The van der Waals surface area contributed by atoms with Crippen molar-refractivity contribution in [2.45, 2.75) is 13.5 Å². The van der Waals surface area contributed by atoms with Crippen LogP contribution >= 0.6 is 11.6 Å². The number of aliphatic hydroxyl groups is 1. The van der Waals surface area contributed by atoms with Gasteiger partial charge in [-0.3, -0.25) is 0 Å². The standard InChI is InChI=1S/C22H18ClN3O3/c1-13-16(15-5-6-19-20(10-15)29-8-7-28-19)3-2-4-17(13)21-24-22-18(23)9-14(12-27)11-26(22)25-21/h2-6,9-11,27H,7-8,12H2,1H3. The van der Waals surface area contributed by atoms with Crippen LogP contribution in [0.2, 0.25) is 5.02 Å². The van der Waals surface area contributed by atoms with Crippen LogP contribution in [0.4, 0.5) is 0 Å². The maximum absolute atomic E-state index is 9.40. The number of nitrogens with zero attached hydrogens (tertiary/aromatic N) is 3. The molecule has 1 aliphatic rings. The minimum atomic E-state index is -0.108. The molecule has 0 atom stereocenters. The fraction of sp³-hybridized carbons (Fsp3) is 0.182. The van der Waals surface area contributed by atoms with Gasteiger partial charge in [0.2, 0.25) is 0 Å². The molecule has 0 amide bonds. The summed E-state index contributed by atoms with van der Waals surface area (Å²) in [7, 11) is 0. The highest BCUT2D eigenvalue weighted by Crippen LogP contribution is 2.37. The monoisotopic (exact) mass is 407 g/mol. The number of rotatable bonds is 3. The zero-order valence-corrected chi connectivity index (χ0v) is 16.5. The van der Waals surface area contributed by atoms with E-state index in [1.165, 1.54) is 0 Å². The summed E-state index contributed by atoms with van der Waals surface area (Å²) in [6.07, 6.45) is 1.73. The van der Waals surface area contributed by atoms with E-state index in [0.29, 0.717) is 35.3 Å². The summed E-state index contributed by atoms with van der Waals surface area (Å²) >= 11 is 6.32. The molecule has 4 aromatic rings. The van der Waals surface area contributed by atoms with Gasteiger partial charge >= 0.3 is 0 Å². The van der Waals surface area contributed by atoms with Gasteiger partial charge in [-0.15, -0.1) is 5.10 Å². The molecule has 0 saturated heterocycles. The first-order chi connectivity index (χ1) is 14.1. The Morgan fingerprint density at radius 2 is 1.86 bits per heavy atom. The van der Waals surface area contributed by atoms with Crippen molar-refractivity contribution in [3.05, 3.63) is 64.8 Å². The van der Waals surface area contributed by atoms with Gasteiger partial charge in [-0.1, -0.05) is 35.9 Å². The molecule has 0 saturated carbocycles. The first-order valence-electron chi connectivity index (χ1n) is 9.30. The molecule has 29 heavy (non-hydrogen) atoms. The van der Waals surface area contributed by atoms with Gasteiger partial charge in [0.25, 0.3) is 0 Å². The van der Waals surface area contributed by atoms with Gasteiger partial charge in [0.15, 0.2) is 23.0 Å². The highest BCUT2D eigenvalue weighted by molar-refractivity contribution is 6.33. The minimum Gasteiger partial charge on any atom is -0.486 e. The van der Waals surface area contributed by atoms with Crippen molar-refractivity contribution in [2.75, 3.05) is 13.2 Å². The van der Waals surface area contributed by atoms with Crippen LogP contribution in [0.15, 0.2) is 48.7 Å². The second-order valence-electron chi connectivity index (χ2n) is 6.89. The van der Waals surface area contributed by atoms with E-state index in [0.717, 1.165) is 33.8 Å².